The first-order valence-electron chi connectivity index (χ1n) is 10.5. The van der Waals surface area contributed by atoms with E-state index in [0.717, 1.165) is 26.1 Å². The Morgan fingerprint density at radius 2 is 1.04 bits per heavy atom. The van der Waals surface area contributed by atoms with Crippen molar-refractivity contribution in [2.24, 2.45) is 0 Å². The maximum atomic E-state index is 6.03. The third kappa shape index (κ3) is 18.2. The van der Waals surface area contributed by atoms with Gasteiger partial charge in [-0.1, -0.05) is 77.4 Å². The van der Waals surface area contributed by atoms with E-state index < -0.39 is 8.56 Å². The zero-order chi connectivity index (χ0) is 17.9. The van der Waals surface area contributed by atoms with Gasteiger partial charge in [-0.15, -0.1) is 0 Å². The van der Waals surface area contributed by atoms with Crippen molar-refractivity contribution in [3.63, 3.8) is 0 Å². The van der Waals surface area contributed by atoms with Crippen LogP contribution in [0.1, 0.15) is 97.3 Å². The summed E-state index contributed by atoms with van der Waals surface area (Å²) in [5.41, 5.74) is 0. The van der Waals surface area contributed by atoms with E-state index in [1.807, 2.05) is 0 Å². The molecule has 0 saturated heterocycles. The molecule has 0 aromatic carbocycles. The average molecular weight is 357 g/mol. The number of allylic oxidation sites excluding steroid dienone is 2. The van der Waals surface area contributed by atoms with E-state index in [1.54, 1.807) is 0 Å². The van der Waals surface area contributed by atoms with Crippen molar-refractivity contribution in [3.8, 4) is 0 Å². The van der Waals surface area contributed by atoms with Gasteiger partial charge in [-0.2, -0.15) is 0 Å². The van der Waals surface area contributed by atoms with Gasteiger partial charge in [0.05, 0.1) is 0 Å². The minimum absolute atomic E-state index is 0.843. The van der Waals surface area contributed by atoms with Gasteiger partial charge in [-0.25, -0.2) is 0 Å². The van der Waals surface area contributed by atoms with Crippen LogP contribution < -0.4 is 0 Å². The Morgan fingerprint density at radius 1 is 0.583 bits per heavy atom. The summed E-state index contributed by atoms with van der Waals surface area (Å²) in [5, 5.41) is 0. The smallest absolute Gasteiger partial charge is 0.331 e. The van der Waals surface area contributed by atoms with Gasteiger partial charge in [0, 0.05) is 13.2 Å². The van der Waals surface area contributed by atoms with Crippen molar-refractivity contribution in [1.82, 2.24) is 0 Å². The van der Waals surface area contributed by atoms with Crippen LogP contribution in [0, 0.1) is 0 Å². The van der Waals surface area contributed by atoms with Gasteiger partial charge in [-0.05, 0) is 45.2 Å². The SMILES string of the molecule is CCCCC/C=C/CCCO[Si](C)(C)OCCCCCCCCC. The number of rotatable bonds is 18. The van der Waals surface area contributed by atoms with E-state index in [4.69, 9.17) is 8.85 Å². The summed E-state index contributed by atoms with van der Waals surface area (Å²) in [5.74, 6) is 0. The Balaban J connectivity index is 3.41. The van der Waals surface area contributed by atoms with Crippen LogP contribution in [-0.4, -0.2) is 21.8 Å². The molecule has 0 aromatic heterocycles. The first kappa shape index (κ1) is 23.9. The Kier molecular flexibility index (Phi) is 17.6. The van der Waals surface area contributed by atoms with Crippen molar-refractivity contribution in [3.05, 3.63) is 12.2 Å². The molecule has 0 N–H and O–H groups in total. The molecule has 24 heavy (non-hydrogen) atoms. The van der Waals surface area contributed by atoms with Crippen LogP contribution in [-0.2, 0) is 8.85 Å². The van der Waals surface area contributed by atoms with Gasteiger partial charge < -0.3 is 8.85 Å². The molecule has 0 aromatic rings. The maximum absolute atomic E-state index is 6.03. The van der Waals surface area contributed by atoms with Crippen LogP contribution >= 0.6 is 0 Å². The van der Waals surface area contributed by atoms with Crippen molar-refractivity contribution < 1.29 is 8.85 Å². The molecule has 2 nitrogen and oxygen atoms in total. The van der Waals surface area contributed by atoms with Crippen LogP contribution in [0.25, 0.3) is 0 Å². The minimum Gasteiger partial charge on any atom is -0.395 e. The van der Waals surface area contributed by atoms with E-state index in [9.17, 15) is 0 Å². The lowest BCUT2D eigenvalue weighted by molar-refractivity contribution is 0.174. The quantitative estimate of drug-likeness (QED) is 0.145. The third-order valence-electron chi connectivity index (χ3n) is 4.30. The molecule has 0 saturated carbocycles. The fourth-order valence-electron chi connectivity index (χ4n) is 2.69. The molecule has 0 unspecified atom stereocenters. The largest absolute Gasteiger partial charge is 0.395 e. The van der Waals surface area contributed by atoms with Crippen LogP contribution in [0.5, 0.6) is 0 Å². The molecule has 144 valence electrons. The van der Waals surface area contributed by atoms with Gasteiger partial charge in [0.25, 0.3) is 0 Å². The molecular formula is C21H44O2Si. The summed E-state index contributed by atoms with van der Waals surface area (Å²) < 4.78 is 12.0. The van der Waals surface area contributed by atoms with Gasteiger partial charge in [0.15, 0.2) is 0 Å². The topological polar surface area (TPSA) is 18.5 Å². The number of hydrogen-bond donors (Lipinski definition) is 0. The molecule has 0 atom stereocenters. The van der Waals surface area contributed by atoms with Crippen LogP contribution in [0.15, 0.2) is 12.2 Å². The van der Waals surface area contributed by atoms with Crippen LogP contribution in [0.3, 0.4) is 0 Å². The van der Waals surface area contributed by atoms with E-state index in [0.29, 0.717) is 0 Å². The van der Waals surface area contributed by atoms with Crippen molar-refractivity contribution >= 4 is 8.56 Å². The molecule has 0 rings (SSSR count). The molecule has 0 aliphatic rings. The Hall–Kier alpha value is -0.123. The second-order valence-corrected chi connectivity index (χ2v) is 10.7. The van der Waals surface area contributed by atoms with E-state index in [1.165, 1.54) is 70.6 Å². The van der Waals surface area contributed by atoms with E-state index >= 15 is 0 Å². The van der Waals surface area contributed by atoms with Gasteiger partial charge >= 0.3 is 8.56 Å². The van der Waals surface area contributed by atoms with Crippen molar-refractivity contribution in [2.75, 3.05) is 13.2 Å². The average Bonchev–Trinajstić information content (AvgIpc) is 2.55. The van der Waals surface area contributed by atoms with Gasteiger partial charge in [-0.3, -0.25) is 0 Å². The molecule has 0 aliphatic carbocycles. The van der Waals surface area contributed by atoms with E-state index in [-0.39, 0.29) is 0 Å². The minimum atomic E-state index is -1.89. The fraction of sp³-hybridized carbons (Fsp3) is 0.905. The maximum Gasteiger partial charge on any atom is 0.331 e. The predicted molar refractivity (Wildman–Crippen MR) is 110 cm³/mol. The van der Waals surface area contributed by atoms with Crippen LogP contribution in [0.2, 0.25) is 13.1 Å². The summed E-state index contributed by atoms with van der Waals surface area (Å²) in [4.78, 5) is 0. The summed E-state index contributed by atoms with van der Waals surface area (Å²) in [6, 6.07) is 0. The molecule has 0 amide bonds. The lowest BCUT2D eigenvalue weighted by Gasteiger charge is -2.22. The normalized spacial score (nSPS) is 12.3. The second-order valence-electron chi connectivity index (χ2n) is 7.33. The number of hydrogen-bond acceptors (Lipinski definition) is 2. The molecular weight excluding hydrogens is 312 g/mol. The molecule has 0 fully saturated rings. The van der Waals surface area contributed by atoms with Gasteiger partial charge in [0.2, 0.25) is 0 Å². The Morgan fingerprint density at radius 3 is 1.67 bits per heavy atom. The molecule has 0 radical (unpaired) electrons. The first-order chi connectivity index (χ1) is 11.6. The number of unbranched alkanes of at least 4 members (excludes halogenated alkanes) is 10. The Labute approximate surface area is 153 Å². The summed E-state index contributed by atoms with van der Waals surface area (Å²) in [6.07, 6.45) is 21.5. The second kappa shape index (κ2) is 17.7. The molecule has 0 aliphatic heterocycles. The zero-order valence-electron chi connectivity index (χ0n) is 17.1. The highest BCUT2D eigenvalue weighted by Crippen LogP contribution is 2.11. The zero-order valence-corrected chi connectivity index (χ0v) is 18.1. The molecule has 0 spiro atoms. The molecule has 3 heteroatoms. The highest BCUT2D eigenvalue weighted by molar-refractivity contribution is 6.64. The van der Waals surface area contributed by atoms with Crippen molar-refractivity contribution in [1.29, 1.82) is 0 Å². The van der Waals surface area contributed by atoms with Crippen molar-refractivity contribution in [2.45, 2.75) is 110 Å². The highest BCUT2D eigenvalue weighted by Gasteiger charge is 2.23. The van der Waals surface area contributed by atoms with Crippen LogP contribution in [0.4, 0.5) is 0 Å². The van der Waals surface area contributed by atoms with E-state index in [2.05, 4.69) is 39.1 Å². The lowest BCUT2D eigenvalue weighted by Crippen LogP contribution is -2.35. The molecule has 0 heterocycles. The fourth-order valence-corrected chi connectivity index (χ4v) is 4.04. The summed E-state index contributed by atoms with van der Waals surface area (Å²) >= 11 is 0. The summed E-state index contributed by atoms with van der Waals surface area (Å²) in [6.45, 7) is 10.6. The van der Waals surface area contributed by atoms with Gasteiger partial charge in [0.1, 0.15) is 0 Å². The predicted octanol–water partition coefficient (Wildman–Crippen LogP) is 7.39. The Bertz CT molecular complexity index is 277. The highest BCUT2D eigenvalue weighted by atomic mass is 28.4. The lowest BCUT2D eigenvalue weighted by atomic mass is 10.1. The first-order valence-corrected chi connectivity index (χ1v) is 13.4. The third-order valence-corrected chi connectivity index (χ3v) is 6.10. The standard InChI is InChI=1S/C21H44O2Si/c1-5-7-9-11-13-15-17-19-21-23-24(3,4)22-20-18-16-14-12-10-8-6-2/h13,15H,5-12,14,16-21H2,1-4H3/b15-13+. The summed E-state index contributed by atoms with van der Waals surface area (Å²) in [7, 11) is -1.89. The molecule has 0 bridgehead atoms. The monoisotopic (exact) mass is 356 g/mol.